The second-order valence-electron chi connectivity index (χ2n) is 6.95. The van der Waals surface area contributed by atoms with E-state index >= 15 is 0 Å². The zero-order chi connectivity index (χ0) is 15.2. The number of aliphatic imine (C=N–C) groups is 1. The summed E-state index contributed by atoms with van der Waals surface area (Å²) in [5, 5.41) is 0. The van der Waals surface area contributed by atoms with Gasteiger partial charge in [-0.05, 0) is 49.7 Å². The average molecular weight is 295 g/mol. The second-order valence-corrected chi connectivity index (χ2v) is 6.95. The molecule has 0 amide bonds. The topological polar surface area (TPSA) is 12.4 Å². The summed E-state index contributed by atoms with van der Waals surface area (Å²) < 4.78 is 0. The third-order valence-electron chi connectivity index (χ3n) is 5.36. The summed E-state index contributed by atoms with van der Waals surface area (Å²) in [6, 6.07) is 0. The number of allylic oxidation sites excluding steroid dienone is 7. The molecule has 1 aliphatic heterocycles. The number of fused-ring (bicyclic) bond motifs is 1. The normalized spacial score (nSPS) is 29.8. The summed E-state index contributed by atoms with van der Waals surface area (Å²) in [6.45, 7) is 3.31. The first-order chi connectivity index (χ1) is 10.9. The van der Waals surface area contributed by atoms with Crippen LogP contribution in [0.4, 0.5) is 0 Å². The van der Waals surface area contributed by atoms with Crippen LogP contribution in [0, 0.1) is 11.8 Å². The van der Waals surface area contributed by atoms with Crippen LogP contribution >= 0.6 is 0 Å². The highest BCUT2D eigenvalue weighted by molar-refractivity contribution is 5.64. The largest absolute Gasteiger partial charge is 0.297 e. The van der Waals surface area contributed by atoms with Crippen LogP contribution < -0.4 is 0 Å². The van der Waals surface area contributed by atoms with E-state index < -0.39 is 0 Å². The molecule has 0 N–H and O–H groups in total. The maximum atomic E-state index is 4.73. The lowest BCUT2D eigenvalue weighted by molar-refractivity contribution is 0.368. The van der Waals surface area contributed by atoms with Gasteiger partial charge in [0.2, 0.25) is 0 Å². The molecule has 22 heavy (non-hydrogen) atoms. The van der Waals surface area contributed by atoms with E-state index in [0.29, 0.717) is 11.8 Å². The van der Waals surface area contributed by atoms with E-state index in [1.54, 1.807) is 11.1 Å². The van der Waals surface area contributed by atoms with Crippen LogP contribution in [0.1, 0.15) is 58.3 Å². The Balaban J connectivity index is 1.99. The maximum Gasteiger partial charge on any atom is 0.0422 e. The van der Waals surface area contributed by atoms with Crippen molar-refractivity contribution < 1.29 is 0 Å². The zero-order valence-corrected chi connectivity index (χ0v) is 13.9. The molecule has 118 valence electrons. The van der Waals surface area contributed by atoms with Crippen LogP contribution in [0.25, 0.3) is 0 Å². The highest BCUT2D eigenvalue weighted by Crippen LogP contribution is 2.39. The predicted octanol–water partition coefficient (Wildman–Crippen LogP) is 5.81. The highest BCUT2D eigenvalue weighted by Gasteiger charge is 2.28. The van der Waals surface area contributed by atoms with E-state index in [1.165, 1.54) is 44.1 Å². The summed E-state index contributed by atoms with van der Waals surface area (Å²) in [4.78, 5) is 4.73. The van der Waals surface area contributed by atoms with Crippen molar-refractivity contribution in [2.75, 3.05) is 6.54 Å². The first-order valence-corrected chi connectivity index (χ1v) is 9.09. The van der Waals surface area contributed by atoms with Crippen molar-refractivity contribution in [3.05, 3.63) is 47.1 Å². The van der Waals surface area contributed by atoms with Crippen molar-refractivity contribution in [2.24, 2.45) is 16.8 Å². The molecule has 0 aromatic carbocycles. The minimum absolute atomic E-state index is 0.645. The number of hydrogen-bond donors (Lipinski definition) is 0. The molecule has 2 atom stereocenters. The molecule has 2 aliphatic carbocycles. The fourth-order valence-corrected chi connectivity index (χ4v) is 4.16. The fourth-order valence-electron chi connectivity index (χ4n) is 4.16. The van der Waals surface area contributed by atoms with Gasteiger partial charge < -0.3 is 0 Å². The monoisotopic (exact) mass is 295 g/mol. The van der Waals surface area contributed by atoms with Gasteiger partial charge in [0.25, 0.3) is 0 Å². The lowest BCUT2D eigenvalue weighted by Gasteiger charge is -2.32. The van der Waals surface area contributed by atoms with E-state index in [0.717, 1.165) is 19.4 Å². The Kier molecular flexibility index (Phi) is 5.48. The van der Waals surface area contributed by atoms with Gasteiger partial charge in [-0.3, -0.25) is 4.99 Å². The van der Waals surface area contributed by atoms with E-state index in [4.69, 9.17) is 4.99 Å². The minimum atomic E-state index is 0.645. The fraction of sp³-hybridized carbons (Fsp3) is 0.571. The Bertz CT molecular complexity index is 530. The molecule has 3 rings (SSSR count). The first-order valence-electron chi connectivity index (χ1n) is 9.09. The molecule has 0 spiro atoms. The average Bonchev–Trinajstić information content (AvgIpc) is 2.76. The molecule has 1 fully saturated rings. The van der Waals surface area contributed by atoms with Crippen molar-refractivity contribution in [3.63, 3.8) is 0 Å². The highest BCUT2D eigenvalue weighted by atomic mass is 14.7. The van der Waals surface area contributed by atoms with Crippen LogP contribution in [-0.4, -0.2) is 12.8 Å². The van der Waals surface area contributed by atoms with Gasteiger partial charge in [0.1, 0.15) is 0 Å². The number of rotatable bonds is 1. The summed E-state index contributed by atoms with van der Waals surface area (Å²) in [7, 11) is 0. The SMILES string of the molecule is CC1=C(C2=CC=CCC=C2)C2CCCCCCC2C=NCC1. The van der Waals surface area contributed by atoms with E-state index in [9.17, 15) is 0 Å². The quantitative estimate of drug-likeness (QED) is 0.579. The van der Waals surface area contributed by atoms with Crippen LogP contribution in [0.5, 0.6) is 0 Å². The maximum absolute atomic E-state index is 4.73. The Morgan fingerprint density at radius 1 is 1.05 bits per heavy atom. The minimum Gasteiger partial charge on any atom is -0.297 e. The first kappa shape index (κ1) is 15.5. The molecule has 3 aliphatic rings. The summed E-state index contributed by atoms with van der Waals surface area (Å²) in [6.07, 6.45) is 24.2. The molecule has 0 saturated heterocycles. The molecule has 0 radical (unpaired) electrons. The van der Waals surface area contributed by atoms with Gasteiger partial charge >= 0.3 is 0 Å². The number of hydrogen-bond acceptors (Lipinski definition) is 1. The van der Waals surface area contributed by atoms with E-state index in [-0.39, 0.29) is 0 Å². The smallest absolute Gasteiger partial charge is 0.0422 e. The van der Waals surface area contributed by atoms with Crippen molar-refractivity contribution in [1.29, 1.82) is 0 Å². The number of nitrogens with zero attached hydrogens (tertiary/aromatic N) is 1. The third kappa shape index (κ3) is 3.69. The molecular weight excluding hydrogens is 266 g/mol. The Morgan fingerprint density at radius 2 is 1.91 bits per heavy atom. The zero-order valence-electron chi connectivity index (χ0n) is 13.9. The standard InChI is InChI=1S/C21H29N/c1-17-14-15-22-16-19-12-8-4-5-9-13-20(19)21(17)18-10-6-2-3-7-11-18/h2,6-7,10-11,16,19-20H,3-5,8-9,12-15H2,1H3. The van der Waals surface area contributed by atoms with Crippen molar-refractivity contribution in [2.45, 2.75) is 58.3 Å². The molecule has 0 bridgehead atoms. The van der Waals surface area contributed by atoms with Gasteiger partial charge in [-0.15, -0.1) is 0 Å². The lowest BCUT2D eigenvalue weighted by Crippen LogP contribution is -2.23. The molecule has 0 aromatic heterocycles. The Morgan fingerprint density at radius 3 is 2.82 bits per heavy atom. The van der Waals surface area contributed by atoms with Crippen molar-refractivity contribution in [1.82, 2.24) is 0 Å². The van der Waals surface area contributed by atoms with Crippen LogP contribution in [0.3, 0.4) is 0 Å². The van der Waals surface area contributed by atoms with Gasteiger partial charge in [0.05, 0.1) is 0 Å². The summed E-state index contributed by atoms with van der Waals surface area (Å²) in [5.41, 5.74) is 4.66. The Labute approximate surface area is 135 Å². The molecular formula is C21H29N. The van der Waals surface area contributed by atoms with Gasteiger partial charge in [-0.25, -0.2) is 0 Å². The van der Waals surface area contributed by atoms with Crippen molar-refractivity contribution in [3.8, 4) is 0 Å². The lowest BCUT2D eigenvalue weighted by atomic mass is 9.73. The molecule has 1 saturated carbocycles. The van der Waals surface area contributed by atoms with Crippen LogP contribution in [-0.2, 0) is 0 Å². The molecule has 2 unspecified atom stereocenters. The van der Waals surface area contributed by atoms with E-state index in [2.05, 4.69) is 43.5 Å². The molecule has 0 aromatic rings. The van der Waals surface area contributed by atoms with Gasteiger partial charge in [-0.2, -0.15) is 0 Å². The Hall–Kier alpha value is -1.37. The molecule has 1 heteroatoms. The van der Waals surface area contributed by atoms with Gasteiger partial charge in [0.15, 0.2) is 0 Å². The second kappa shape index (κ2) is 7.76. The van der Waals surface area contributed by atoms with Crippen molar-refractivity contribution >= 4 is 6.21 Å². The predicted molar refractivity (Wildman–Crippen MR) is 96.3 cm³/mol. The van der Waals surface area contributed by atoms with Gasteiger partial charge in [-0.1, -0.05) is 61.6 Å². The third-order valence-corrected chi connectivity index (χ3v) is 5.36. The summed E-state index contributed by atoms with van der Waals surface area (Å²) >= 11 is 0. The van der Waals surface area contributed by atoms with Gasteiger partial charge in [0, 0.05) is 18.7 Å². The molecule has 1 heterocycles. The molecule has 1 nitrogen and oxygen atoms in total. The van der Waals surface area contributed by atoms with Crippen LogP contribution in [0.15, 0.2) is 52.1 Å². The van der Waals surface area contributed by atoms with Crippen LogP contribution in [0.2, 0.25) is 0 Å². The van der Waals surface area contributed by atoms with E-state index in [1.807, 2.05) is 0 Å². The summed E-state index contributed by atoms with van der Waals surface area (Å²) in [5.74, 6) is 1.32.